The molecule has 0 spiro atoms. The maximum Gasteiger partial charge on any atom is 0.416 e. The van der Waals surface area contributed by atoms with E-state index >= 15 is 0 Å². The first-order chi connectivity index (χ1) is 15.2. The summed E-state index contributed by atoms with van der Waals surface area (Å²) in [6, 6.07) is 13.6. The number of nitrogens with zero attached hydrogens (tertiary/aromatic N) is 2. The number of carbonyl (C=O) groups is 1. The molecule has 0 aliphatic rings. The van der Waals surface area contributed by atoms with Gasteiger partial charge >= 0.3 is 6.18 Å². The molecule has 10 heteroatoms. The summed E-state index contributed by atoms with van der Waals surface area (Å²) in [5.74, 6) is -1.38. The summed E-state index contributed by atoms with van der Waals surface area (Å²) in [5, 5.41) is 17.4. The smallest absolute Gasteiger partial charge is 0.416 e. The summed E-state index contributed by atoms with van der Waals surface area (Å²) in [6.45, 7) is 0.223. The van der Waals surface area contributed by atoms with Crippen molar-refractivity contribution in [3.8, 4) is 5.75 Å². The Morgan fingerprint density at radius 3 is 2.41 bits per heavy atom. The van der Waals surface area contributed by atoms with Gasteiger partial charge in [-0.1, -0.05) is 42.5 Å². The quantitative estimate of drug-likeness (QED) is 0.441. The minimum Gasteiger partial charge on any atom is -0.506 e. The van der Waals surface area contributed by atoms with Crippen molar-refractivity contribution < 1.29 is 23.1 Å². The van der Waals surface area contributed by atoms with Crippen molar-refractivity contribution in [1.82, 2.24) is 20.1 Å². The number of benzene rings is 2. The van der Waals surface area contributed by atoms with Gasteiger partial charge in [0.15, 0.2) is 0 Å². The standard InChI is InChI=1S/C22H17F3N4O3/c23-22(24,25)15-8-6-13(7-9-15)10-26-20(31)17-18(30)16-11-27-29(19(16)28-21(17)32)12-14-4-2-1-3-5-14/h1-9,11H,10,12H2,(H,26,31)(H2,28,30,32). The Balaban J connectivity index is 1.55. The van der Waals surface area contributed by atoms with Crippen LogP contribution < -0.4 is 10.9 Å². The number of amides is 1. The van der Waals surface area contributed by atoms with E-state index in [1.807, 2.05) is 30.3 Å². The van der Waals surface area contributed by atoms with Crippen molar-refractivity contribution in [2.75, 3.05) is 0 Å². The third-order valence-electron chi connectivity index (χ3n) is 4.93. The highest BCUT2D eigenvalue weighted by Gasteiger charge is 2.30. The normalized spacial score (nSPS) is 11.6. The Labute approximate surface area is 179 Å². The van der Waals surface area contributed by atoms with E-state index in [4.69, 9.17) is 0 Å². The SMILES string of the molecule is O=C(NCc1ccc(C(F)(F)F)cc1)c1c(O)c2cnn(Cc3ccccc3)c2[nH]c1=O. The van der Waals surface area contributed by atoms with Crippen molar-refractivity contribution in [3.05, 3.63) is 93.4 Å². The zero-order valence-electron chi connectivity index (χ0n) is 16.5. The van der Waals surface area contributed by atoms with Crippen LogP contribution in [0.1, 0.15) is 27.0 Å². The Morgan fingerprint density at radius 2 is 1.75 bits per heavy atom. The van der Waals surface area contributed by atoms with E-state index in [0.717, 1.165) is 17.7 Å². The van der Waals surface area contributed by atoms with Crippen LogP contribution in [0.4, 0.5) is 13.2 Å². The fourth-order valence-corrected chi connectivity index (χ4v) is 3.27. The fourth-order valence-electron chi connectivity index (χ4n) is 3.27. The molecule has 0 bridgehead atoms. The van der Waals surface area contributed by atoms with Crippen LogP contribution in [0.2, 0.25) is 0 Å². The highest BCUT2D eigenvalue weighted by atomic mass is 19.4. The average molecular weight is 442 g/mol. The van der Waals surface area contributed by atoms with Gasteiger partial charge in [0.2, 0.25) is 0 Å². The van der Waals surface area contributed by atoms with Crippen LogP contribution in [0.3, 0.4) is 0 Å². The van der Waals surface area contributed by atoms with E-state index in [0.29, 0.717) is 12.1 Å². The molecule has 4 rings (SSSR count). The number of hydrogen-bond acceptors (Lipinski definition) is 4. The number of carbonyl (C=O) groups excluding carboxylic acids is 1. The molecule has 2 aromatic carbocycles. The van der Waals surface area contributed by atoms with Crippen LogP contribution in [0.5, 0.6) is 5.75 Å². The fraction of sp³-hybridized carbons (Fsp3) is 0.136. The lowest BCUT2D eigenvalue weighted by molar-refractivity contribution is -0.137. The van der Waals surface area contributed by atoms with Crippen LogP contribution in [0.25, 0.3) is 11.0 Å². The number of alkyl halides is 3. The highest BCUT2D eigenvalue weighted by Crippen LogP contribution is 2.29. The molecule has 2 heterocycles. The van der Waals surface area contributed by atoms with Crippen LogP contribution in [-0.4, -0.2) is 25.8 Å². The molecule has 0 aliphatic carbocycles. The monoisotopic (exact) mass is 442 g/mol. The molecule has 4 aromatic rings. The molecule has 7 nitrogen and oxygen atoms in total. The number of pyridine rings is 1. The number of aromatic amines is 1. The molecule has 0 saturated carbocycles. The maximum absolute atomic E-state index is 12.7. The first-order valence-electron chi connectivity index (χ1n) is 9.53. The number of halogens is 3. The molecule has 0 radical (unpaired) electrons. The van der Waals surface area contributed by atoms with Crippen LogP contribution >= 0.6 is 0 Å². The second-order valence-electron chi connectivity index (χ2n) is 7.11. The number of rotatable bonds is 5. The molecule has 0 saturated heterocycles. The largest absolute Gasteiger partial charge is 0.506 e. The zero-order chi connectivity index (χ0) is 22.9. The van der Waals surface area contributed by atoms with Gasteiger partial charge in [-0.15, -0.1) is 0 Å². The molecule has 1 amide bonds. The van der Waals surface area contributed by atoms with Gasteiger partial charge in [0.05, 0.1) is 23.7 Å². The maximum atomic E-state index is 12.7. The molecule has 0 aliphatic heterocycles. The van der Waals surface area contributed by atoms with E-state index in [-0.39, 0.29) is 17.6 Å². The Hall–Kier alpha value is -4.08. The van der Waals surface area contributed by atoms with Crippen molar-refractivity contribution in [2.45, 2.75) is 19.3 Å². The Morgan fingerprint density at radius 1 is 1.06 bits per heavy atom. The third-order valence-corrected chi connectivity index (χ3v) is 4.93. The summed E-state index contributed by atoms with van der Waals surface area (Å²) in [4.78, 5) is 27.6. The van der Waals surface area contributed by atoms with Gasteiger partial charge in [0.1, 0.15) is 17.0 Å². The molecular formula is C22H17F3N4O3. The van der Waals surface area contributed by atoms with E-state index in [1.54, 1.807) is 0 Å². The van der Waals surface area contributed by atoms with Gasteiger partial charge in [-0.3, -0.25) is 9.59 Å². The zero-order valence-corrected chi connectivity index (χ0v) is 16.5. The molecule has 164 valence electrons. The molecule has 0 fully saturated rings. The minimum atomic E-state index is -4.46. The van der Waals surface area contributed by atoms with Gasteiger partial charge in [-0.25, -0.2) is 4.68 Å². The Kier molecular flexibility index (Phi) is 5.43. The van der Waals surface area contributed by atoms with E-state index in [9.17, 15) is 27.9 Å². The number of fused-ring (bicyclic) bond motifs is 1. The summed E-state index contributed by atoms with van der Waals surface area (Å²) >= 11 is 0. The van der Waals surface area contributed by atoms with Crippen LogP contribution in [0.15, 0.2) is 65.6 Å². The summed E-state index contributed by atoms with van der Waals surface area (Å²) in [7, 11) is 0. The van der Waals surface area contributed by atoms with Gasteiger partial charge in [0, 0.05) is 6.54 Å². The van der Waals surface area contributed by atoms with Crippen molar-refractivity contribution in [3.63, 3.8) is 0 Å². The number of H-pyrrole nitrogens is 1. The number of aromatic nitrogens is 3. The molecule has 0 unspecified atom stereocenters. The number of aromatic hydroxyl groups is 1. The third kappa shape index (κ3) is 4.20. The highest BCUT2D eigenvalue weighted by molar-refractivity contribution is 6.01. The second-order valence-corrected chi connectivity index (χ2v) is 7.11. The van der Waals surface area contributed by atoms with Crippen molar-refractivity contribution in [1.29, 1.82) is 0 Å². The molecule has 3 N–H and O–H groups in total. The summed E-state index contributed by atoms with van der Waals surface area (Å²) < 4.78 is 39.5. The van der Waals surface area contributed by atoms with E-state index in [1.165, 1.54) is 23.0 Å². The molecule has 32 heavy (non-hydrogen) atoms. The predicted octanol–water partition coefficient (Wildman–Crippen LogP) is 3.43. The topological polar surface area (TPSA) is 100 Å². The first kappa shape index (κ1) is 21.2. The van der Waals surface area contributed by atoms with Gasteiger partial charge in [-0.2, -0.15) is 18.3 Å². The van der Waals surface area contributed by atoms with Crippen LogP contribution in [-0.2, 0) is 19.3 Å². The van der Waals surface area contributed by atoms with E-state index < -0.39 is 34.5 Å². The van der Waals surface area contributed by atoms with E-state index in [2.05, 4.69) is 15.4 Å². The Bertz CT molecular complexity index is 1330. The number of hydrogen-bond donors (Lipinski definition) is 3. The molecule has 0 atom stereocenters. The average Bonchev–Trinajstić information content (AvgIpc) is 3.15. The second kappa shape index (κ2) is 8.22. The molecular weight excluding hydrogens is 425 g/mol. The minimum absolute atomic E-state index is 0.124. The lowest BCUT2D eigenvalue weighted by Gasteiger charge is -2.10. The van der Waals surface area contributed by atoms with Gasteiger partial charge in [0.25, 0.3) is 11.5 Å². The van der Waals surface area contributed by atoms with Gasteiger partial charge < -0.3 is 15.4 Å². The summed E-state index contributed by atoms with van der Waals surface area (Å²) in [5.41, 5.74) is -0.524. The van der Waals surface area contributed by atoms with Crippen molar-refractivity contribution in [2.24, 2.45) is 0 Å². The lowest BCUT2D eigenvalue weighted by atomic mass is 10.1. The lowest BCUT2D eigenvalue weighted by Crippen LogP contribution is -2.29. The predicted molar refractivity (Wildman–Crippen MR) is 110 cm³/mol. The first-order valence-corrected chi connectivity index (χ1v) is 9.53. The number of nitrogens with one attached hydrogen (secondary N) is 2. The summed E-state index contributed by atoms with van der Waals surface area (Å²) in [6.07, 6.45) is -3.11. The van der Waals surface area contributed by atoms with Gasteiger partial charge in [-0.05, 0) is 23.3 Å². The van der Waals surface area contributed by atoms with Crippen LogP contribution in [0, 0.1) is 0 Å². The van der Waals surface area contributed by atoms with Crippen molar-refractivity contribution >= 4 is 16.9 Å². The molecule has 2 aromatic heterocycles.